The summed E-state index contributed by atoms with van der Waals surface area (Å²) in [6, 6.07) is 18.1. The van der Waals surface area contributed by atoms with Crippen molar-refractivity contribution >= 4 is 25.4 Å². The Hall–Kier alpha value is -2.07. The van der Waals surface area contributed by atoms with E-state index >= 15 is 0 Å². The van der Waals surface area contributed by atoms with Gasteiger partial charge in [0.05, 0.1) is 0 Å². The number of benzene rings is 2. The van der Waals surface area contributed by atoms with Gasteiger partial charge in [-0.1, -0.05) is 0 Å². The molecule has 0 amide bonds. The molecule has 0 N–H and O–H groups in total. The van der Waals surface area contributed by atoms with Gasteiger partial charge in [-0.05, 0) is 0 Å². The van der Waals surface area contributed by atoms with E-state index in [1.54, 1.807) is 7.11 Å². The molecule has 0 fully saturated rings. The predicted octanol–water partition coefficient (Wildman–Crippen LogP) is 3.60. The molecule has 0 saturated carbocycles. The fraction of sp³-hybridized carbons (Fsp3) is 0.318. The second-order valence-electron chi connectivity index (χ2n) is 6.40. The average molecular weight is 431 g/mol. The third kappa shape index (κ3) is 4.81. The van der Waals surface area contributed by atoms with E-state index in [-0.39, 0.29) is 32.9 Å². The first-order chi connectivity index (χ1) is 13.1. The minimum atomic E-state index is -0.222. The first kappa shape index (κ1) is 19.7. The summed E-state index contributed by atoms with van der Waals surface area (Å²) >= 11 is -0.00340. The van der Waals surface area contributed by atoms with E-state index in [2.05, 4.69) is 12.1 Å². The van der Waals surface area contributed by atoms with Crippen LogP contribution in [-0.4, -0.2) is 34.6 Å². The Morgan fingerprint density at radius 3 is 2.70 bits per heavy atom. The van der Waals surface area contributed by atoms with Crippen LogP contribution >= 0.6 is 0 Å². The van der Waals surface area contributed by atoms with Gasteiger partial charge >= 0.3 is 167 Å². The monoisotopic (exact) mass is 432 g/mol. The first-order valence-corrected chi connectivity index (χ1v) is 10.8. The van der Waals surface area contributed by atoms with Gasteiger partial charge in [-0.15, -0.1) is 0 Å². The van der Waals surface area contributed by atoms with Gasteiger partial charge in [0, 0.05) is 0 Å². The maximum atomic E-state index is 12.3. The topological polar surface area (TPSA) is 44.8 Å². The van der Waals surface area contributed by atoms with Gasteiger partial charge in [0.2, 0.25) is 0 Å². The van der Waals surface area contributed by atoms with Crippen molar-refractivity contribution < 1.29 is 19.0 Å². The number of carbonyl (C=O) groups excluding carboxylic acids is 1. The second kappa shape index (κ2) is 9.23. The Bertz CT molecular complexity index is 816. The summed E-state index contributed by atoms with van der Waals surface area (Å²) in [5, 5.41) is 0. The maximum absolute atomic E-state index is 12.3. The van der Waals surface area contributed by atoms with E-state index in [1.807, 2.05) is 56.3 Å². The third-order valence-electron chi connectivity index (χ3n) is 4.50. The first-order valence-electron chi connectivity index (χ1n) is 9.05. The zero-order valence-electron chi connectivity index (χ0n) is 15.8. The van der Waals surface area contributed by atoms with Crippen LogP contribution in [0.4, 0.5) is 0 Å². The molecule has 3 rings (SSSR count). The van der Waals surface area contributed by atoms with Gasteiger partial charge in [-0.2, -0.15) is 0 Å². The number of ether oxygens (including phenoxy) is 3. The molecule has 5 heteroatoms. The summed E-state index contributed by atoms with van der Waals surface area (Å²) < 4.78 is 19.4. The van der Waals surface area contributed by atoms with Gasteiger partial charge in [0.25, 0.3) is 0 Å². The van der Waals surface area contributed by atoms with E-state index < -0.39 is 0 Å². The standard InChI is InChI=1S/C22H24O4Se/c1-4-15(2)22(23)26-19-14-25-20(16-9-8-10-17(13-16)24-3)21(19)27-18-11-6-5-7-12-18/h5-13,15,20H,4,14H2,1-3H3. The van der Waals surface area contributed by atoms with Crippen molar-refractivity contribution in [3.8, 4) is 5.75 Å². The molecular formula is C22H24O4Se. The molecule has 27 heavy (non-hydrogen) atoms. The molecule has 0 bridgehead atoms. The molecule has 0 saturated heterocycles. The van der Waals surface area contributed by atoms with Crippen LogP contribution < -0.4 is 9.20 Å². The van der Waals surface area contributed by atoms with E-state index in [0.717, 1.165) is 22.2 Å². The SMILES string of the molecule is CCC(C)C(=O)OC1=C([Se]c2ccccc2)C(c2cccc(OC)c2)OC1. The van der Waals surface area contributed by atoms with Crippen LogP contribution in [0, 0.1) is 5.92 Å². The molecule has 4 nitrogen and oxygen atoms in total. The summed E-state index contributed by atoms with van der Waals surface area (Å²) in [6.45, 7) is 4.19. The predicted molar refractivity (Wildman–Crippen MR) is 106 cm³/mol. The van der Waals surface area contributed by atoms with Crippen LogP contribution in [0.1, 0.15) is 31.9 Å². The van der Waals surface area contributed by atoms with Crippen LogP contribution in [0.15, 0.2) is 64.8 Å². The van der Waals surface area contributed by atoms with Crippen molar-refractivity contribution in [2.24, 2.45) is 5.92 Å². The zero-order valence-corrected chi connectivity index (χ0v) is 17.5. The summed E-state index contributed by atoms with van der Waals surface area (Å²) in [7, 11) is 1.65. The van der Waals surface area contributed by atoms with Crippen LogP contribution in [0.5, 0.6) is 5.75 Å². The molecule has 1 heterocycles. The summed E-state index contributed by atoms with van der Waals surface area (Å²) in [6.07, 6.45) is 0.533. The van der Waals surface area contributed by atoms with E-state index in [1.165, 1.54) is 4.46 Å². The van der Waals surface area contributed by atoms with Crippen LogP contribution in [0.3, 0.4) is 0 Å². The molecule has 2 unspecified atom stereocenters. The summed E-state index contributed by atoms with van der Waals surface area (Å²) in [4.78, 5) is 12.3. The molecule has 0 spiro atoms. The van der Waals surface area contributed by atoms with Crippen molar-refractivity contribution in [3.05, 3.63) is 70.4 Å². The van der Waals surface area contributed by atoms with Crippen molar-refractivity contribution in [1.82, 2.24) is 0 Å². The number of hydrogen-bond donors (Lipinski definition) is 0. The fourth-order valence-electron chi connectivity index (χ4n) is 2.70. The molecule has 2 aromatic rings. The van der Waals surface area contributed by atoms with Crippen molar-refractivity contribution in [2.45, 2.75) is 26.4 Å². The molecule has 0 radical (unpaired) electrons. The number of carbonyl (C=O) groups is 1. The Kier molecular flexibility index (Phi) is 6.73. The van der Waals surface area contributed by atoms with Gasteiger partial charge in [0.15, 0.2) is 0 Å². The molecule has 1 aliphatic rings. The normalized spacial score (nSPS) is 17.7. The van der Waals surface area contributed by atoms with Gasteiger partial charge in [-0.25, -0.2) is 0 Å². The number of methoxy groups -OCH3 is 1. The van der Waals surface area contributed by atoms with Crippen molar-refractivity contribution in [2.75, 3.05) is 13.7 Å². The molecule has 1 aliphatic heterocycles. The third-order valence-corrected chi connectivity index (χ3v) is 6.95. The van der Waals surface area contributed by atoms with Gasteiger partial charge in [-0.3, -0.25) is 0 Å². The van der Waals surface area contributed by atoms with Gasteiger partial charge < -0.3 is 0 Å². The molecular weight excluding hydrogens is 407 g/mol. The molecule has 0 aromatic heterocycles. The minimum absolute atomic E-state index is 0.00340. The Morgan fingerprint density at radius 2 is 2.00 bits per heavy atom. The Balaban J connectivity index is 1.93. The number of rotatable bonds is 7. The second-order valence-corrected chi connectivity index (χ2v) is 8.74. The Morgan fingerprint density at radius 1 is 1.22 bits per heavy atom. The van der Waals surface area contributed by atoms with Crippen molar-refractivity contribution in [3.63, 3.8) is 0 Å². The van der Waals surface area contributed by atoms with Gasteiger partial charge in [0.1, 0.15) is 0 Å². The van der Waals surface area contributed by atoms with E-state index in [9.17, 15) is 4.79 Å². The molecule has 0 aliphatic carbocycles. The quantitative estimate of drug-likeness (QED) is 0.497. The molecule has 2 atom stereocenters. The van der Waals surface area contributed by atoms with E-state index in [0.29, 0.717) is 12.4 Å². The van der Waals surface area contributed by atoms with Crippen molar-refractivity contribution in [1.29, 1.82) is 0 Å². The Labute approximate surface area is 166 Å². The van der Waals surface area contributed by atoms with E-state index in [4.69, 9.17) is 14.2 Å². The summed E-state index contributed by atoms with van der Waals surface area (Å²) in [5.74, 6) is 1.13. The van der Waals surface area contributed by atoms with Crippen LogP contribution in [-0.2, 0) is 14.3 Å². The zero-order chi connectivity index (χ0) is 19.2. The summed E-state index contributed by atoms with van der Waals surface area (Å²) in [5.41, 5.74) is 1.01. The van der Waals surface area contributed by atoms with Crippen LogP contribution in [0.2, 0.25) is 0 Å². The molecule has 142 valence electrons. The fourth-order valence-corrected chi connectivity index (χ4v) is 4.95. The number of hydrogen-bond acceptors (Lipinski definition) is 4. The average Bonchev–Trinajstić information content (AvgIpc) is 3.10. The molecule has 2 aromatic carbocycles. The number of esters is 1. The van der Waals surface area contributed by atoms with Crippen LogP contribution in [0.25, 0.3) is 0 Å².